The summed E-state index contributed by atoms with van der Waals surface area (Å²) < 4.78 is 35.9. The highest BCUT2D eigenvalue weighted by Crippen LogP contribution is 2.41. The van der Waals surface area contributed by atoms with Gasteiger partial charge in [0.1, 0.15) is 23.6 Å². The molecule has 12 heteroatoms. The second kappa shape index (κ2) is 8.32. The Balaban J connectivity index is 1.79. The quantitative estimate of drug-likeness (QED) is 0.278. The molecule has 0 aliphatic carbocycles. The number of rotatable bonds is 4. The molecule has 2 aromatic heterocycles. The summed E-state index contributed by atoms with van der Waals surface area (Å²) in [6.45, 7) is 2.15. The van der Waals surface area contributed by atoms with E-state index in [0.29, 0.717) is 5.56 Å². The zero-order valence-corrected chi connectivity index (χ0v) is 19.9. The number of cyclic esters (lactones) is 1. The number of hydrogen-bond acceptors (Lipinski definition) is 7. The van der Waals surface area contributed by atoms with Crippen LogP contribution in [0.5, 0.6) is 0 Å². The average molecular weight is 520 g/mol. The van der Waals surface area contributed by atoms with E-state index in [-0.39, 0.29) is 65.1 Å². The van der Waals surface area contributed by atoms with Crippen molar-refractivity contribution in [2.45, 2.75) is 51.7 Å². The van der Waals surface area contributed by atoms with Crippen LogP contribution in [0.25, 0.3) is 22.3 Å². The van der Waals surface area contributed by atoms with Crippen molar-refractivity contribution >= 4 is 34.4 Å². The van der Waals surface area contributed by atoms with Crippen molar-refractivity contribution < 1.29 is 33.3 Å². The first-order chi connectivity index (χ1) is 17.0. The normalized spacial score (nSPS) is 18.9. The molecule has 0 radical (unpaired) electrons. The smallest absolute Gasteiger partial charge is 0.343 e. The van der Waals surface area contributed by atoms with Crippen LogP contribution in [0.4, 0.5) is 8.78 Å². The van der Waals surface area contributed by atoms with Gasteiger partial charge in [-0.3, -0.25) is 9.59 Å². The lowest BCUT2D eigenvalue weighted by atomic mass is 9.86. The molecule has 2 atom stereocenters. The van der Waals surface area contributed by atoms with Crippen LogP contribution in [0.2, 0.25) is 5.02 Å². The van der Waals surface area contributed by atoms with Crippen molar-refractivity contribution in [2.24, 2.45) is 0 Å². The summed E-state index contributed by atoms with van der Waals surface area (Å²) in [5.74, 6) is -3.73. The molecule has 2 aliphatic rings. The Hall–Kier alpha value is -3.41. The van der Waals surface area contributed by atoms with Crippen molar-refractivity contribution in [3.05, 3.63) is 61.4 Å². The highest BCUT2D eigenvalue weighted by Gasteiger charge is 2.45. The number of carbonyl (C=O) groups is 2. The Bertz CT molecular complexity index is 1550. The number of hydrogen-bond donors (Lipinski definition) is 3. The minimum atomic E-state index is -2.04. The van der Waals surface area contributed by atoms with Crippen LogP contribution in [-0.4, -0.2) is 37.7 Å². The molecule has 188 valence electrons. The Morgan fingerprint density at radius 3 is 2.72 bits per heavy atom. The van der Waals surface area contributed by atoms with Crippen molar-refractivity contribution in [1.82, 2.24) is 14.9 Å². The van der Waals surface area contributed by atoms with Gasteiger partial charge in [0.25, 0.3) is 5.56 Å². The maximum absolute atomic E-state index is 15.2. The second-order valence-corrected chi connectivity index (χ2v) is 9.17. The number of esters is 1. The van der Waals surface area contributed by atoms with E-state index in [1.54, 1.807) is 6.92 Å². The number of nitrogens with one attached hydrogen (secondary N) is 1. The van der Waals surface area contributed by atoms with Gasteiger partial charge in [0.2, 0.25) is 5.91 Å². The molecule has 4 heterocycles. The number of fused-ring (bicyclic) bond motifs is 5. The first-order valence-corrected chi connectivity index (χ1v) is 11.5. The SMILES string of the molecule is CC[C@@]1(O)C(=O)OCc2c1cc1n(c2=O)Cc2c-1nc1cc(F)c(Cl)c(F)c1c2CNC(=O)C(C)O. The van der Waals surface area contributed by atoms with Gasteiger partial charge >= 0.3 is 5.97 Å². The van der Waals surface area contributed by atoms with E-state index in [2.05, 4.69) is 10.3 Å². The molecular weight excluding hydrogens is 500 g/mol. The van der Waals surface area contributed by atoms with Crippen LogP contribution in [0.3, 0.4) is 0 Å². The van der Waals surface area contributed by atoms with Crippen molar-refractivity contribution in [3.8, 4) is 11.4 Å². The summed E-state index contributed by atoms with van der Waals surface area (Å²) >= 11 is 5.82. The molecule has 0 saturated carbocycles. The largest absolute Gasteiger partial charge is 0.458 e. The number of halogens is 3. The van der Waals surface area contributed by atoms with Gasteiger partial charge in [0.05, 0.1) is 29.0 Å². The Morgan fingerprint density at radius 1 is 1.33 bits per heavy atom. The molecule has 2 aliphatic heterocycles. The summed E-state index contributed by atoms with van der Waals surface area (Å²) in [5, 5.41) is 22.2. The molecule has 9 nitrogen and oxygen atoms in total. The van der Waals surface area contributed by atoms with E-state index >= 15 is 4.39 Å². The summed E-state index contributed by atoms with van der Waals surface area (Å²) in [6.07, 6.45) is -1.39. The topological polar surface area (TPSA) is 131 Å². The monoisotopic (exact) mass is 519 g/mol. The third-order valence-electron chi connectivity index (χ3n) is 6.75. The lowest BCUT2D eigenvalue weighted by molar-refractivity contribution is -0.172. The van der Waals surface area contributed by atoms with Crippen molar-refractivity contribution in [2.75, 3.05) is 0 Å². The van der Waals surface area contributed by atoms with E-state index in [0.717, 1.165) is 6.07 Å². The molecule has 1 unspecified atom stereocenters. The number of carbonyl (C=O) groups excluding carboxylic acids is 2. The van der Waals surface area contributed by atoms with Crippen LogP contribution >= 0.6 is 11.6 Å². The molecule has 5 rings (SSSR count). The standard InChI is InChI=1S/C24H20ClF2N3O6/c1-3-24(35)13-4-16-20-11(7-30(16)22(33)12(13)8-36-23(24)34)10(6-28-21(32)9(2)31)17-15(29-20)5-14(26)18(25)19(17)27/h4-5,9,31,35H,3,6-8H2,1-2H3,(H,28,32)/t9?,24-/m0/s1. The van der Waals surface area contributed by atoms with E-state index in [4.69, 9.17) is 16.3 Å². The van der Waals surface area contributed by atoms with Crippen molar-refractivity contribution in [1.29, 1.82) is 0 Å². The summed E-state index contributed by atoms with van der Waals surface area (Å²) in [7, 11) is 0. The fourth-order valence-electron chi connectivity index (χ4n) is 4.75. The molecule has 1 amide bonds. The first-order valence-electron chi connectivity index (χ1n) is 11.1. The number of aromatic nitrogens is 2. The van der Waals surface area contributed by atoms with Gasteiger partial charge in [-0.15, -0.1) is 0 Å². The molecule has 0 bridgehead atoms. The maximum atomic E-state index is 15.2. The van der Waals surface area contributed by atoms with E-state index < -0.39 is 45.8 Å². The van der Waals surface area contributed by atoms with Gasteiger partial charge in [-0.2, -0.15) is 0 Å². The van der Waals surface area contributed by atoms with E-state index in [1.165, 1.54) is 17.6 Å². The highest BCUT2D eigenvalue weighted by molar-refractivity contribution is 6.31. The van der Waals surface area contributed by atoms with Gasteiger partial charge in [-0.25, -0.2) is 18.6 Å². The molecule has 1 aromatic carbocycles. The van der Waals surface area contributed by atoms with Gasteiger partial charge in [-0.05, 0) is 25.0 Å². The van der Waals surface area contributed by atoms with E-state index in [9.17, 15) is 29.0 Å². The van der Waals surface area contributed by atoms with Crippen LogP contribution in [0, 0.1) is 11.6 Å². The molecule has 3 N–H and O–H groups in total. The Morgan fingerprint density at radius 2 is 2.06 bits per heavy atom. The number of aliphatic hydroxyl groups is 2. The van der Waals surface area contributed by atoms with Gasteiger partial charge < -0.3 is 24.8 Å². The predicted octanol–water partition coefficient (Wildman–Crippen LogP) is 2.01. The van der Waals surface area contributed by atoms with Crippen LogP contribution in [0.1, 0.15) is 42.5 Å². The maximum Gasteiger partial charge on any atom is 0.343 e. The summed E-state index contributed by atoms with van der Waals surface area (Å²) in [5.41, 5.74) is -1.51. The lowest BCUT2D eigenvalue weighted by Crippen LogP contribution is -2.44. The summed E-state index contributed by atoms with van der Waals surface area (Å²) in [6, 6.07) is 2.41. The number of aliphatic hydroxyl groups excluding tert-OH is 1. The molecule has 36 heavy (non-hydrogen) atoms. The Labute approximate surface area is 207 Å². The molecular formula is C24H20ClF2N3O6. The minimum Gasteiger partial charge on any atom is -0.458 e. The Kier molecular flexibility index (Phi) is 5.62. The molecule has 3 aromatic rings. The zero-order chi connectivity index (χ0) is 26.1. The minimum absolute atomic E-state index is 0.0503. The second-order valence-electron chi connectivity index (χ2n) is 8.79. The van der Waals surface area contributed by atoms with Gasteiger partial charge in [-0.1, -0.05) is 18.5 Å². The number of benzene rings is 1. The average Bonchev–Trinajstić information content (AvgIpc) is 3.21. The third kappa shape index (κ3) is 3.34. The first kappa shape index (κ1) is 24.3. The number of amides is 1. The molecule has 0 fully saturated rings. The number of pyridine rings is 2. The third-order valence-corrected chi connectivity index (χ3v) is 7.09. The fourth-order valence-corrected chi connectivity index (χ4v) is 4.90. The van der Waals surface area contributed by atoms with Gasteiger partial charge in [0, 0.05) is 29.1 Å². The van der Waals surface area contributed by atoms with Crippen LogP contribution in [-0.2, 0) is 39.6 Å². The molecule has 0 saturated heterocycles. The highest BCUT2D eigenvalue weighted by atomic mass is 35.5. The van der Waals surface area contributed by atoms with Crippen LogP contribution in [0.15, 0.2) is 16.9 Å². The number of nitrogens with zero attached hydrogens (tertiary/aromatic N) is 2. The molecule has 0 spiro atoms. The lowest BCUT2D eigenvalue weighted by Gasteiger charge is -2.31. The fraction of sp³-hybridized carbons (Fsp3) is 0.333. The van der Waals surface area contributed by atoms with E-state index in [1.807, 2.05) is 0 Å². The predicted molar refractivity (Wildman–Crippen MR) is 123 cm³/mol. The van der Waals surface area contributed by atoms with Gasteiger partial charge in [0.15, 0.2) is 11.4 Å². The number of ether oxygens (including phenoxy) is 1. The van der Waals surface area contributed by atoms with Crippen molar-refractivity contribution in [3.63, 3.8) is 0 Å². The zero-order valence-electron chi connectivity index (χ0n) is 19.1. The summed E-state index contributed by atoms with van der Waals surface area (Å²) in [4.78, 5) is 42.2. The van der Waals surface area contributed by atoms with Crippen LogP contribution < -0.4 is 10.9 Å².